The topological polar surface area (TPSA) is 83.5 Å². The van der Waals surface area contributed by atoms with Crippen LogP contribution in [0.25, 0.3) is 0 Å². The minimum Gasteiger partial charge on any atom is -0.481 e. The molecule has 2 rings (SSSR count). The minimum atomic E-state index is -0.819. The molecule has 4 nitrogen and oxygen atoms in total. The van der Waals surface area contributed by atoms with Crippen LogP contribution in [0.4, 0.5) is 0 Å². The van der Waals surface area contributed by atoms with Gasteiger partial charge in [0.05, 0.1) is 12.0 Å². The number of benzene rings is 1. The minimum absolute atomic E-state index is 0.00384. The number of carboxylic acids is 1. The summed E-state index contributed by atoms with van der Waals surface area (Å²) in [5, 5.41) is 18.5. The Balaban J connectivity index is 2.19. The smallest absolute Gasteiger partial charge is 0.311 e. The Hall–Kier alpha value is -1.39. The van der Waals surface area contributed by atoms with E-state index >= 15 is 0 Å². The molecule has 0 heterocycles. The Morgan fingerprint density at radius 3 is 2.22 bits per heavy atom. The van der Waals surface area contributed by atoms with Gasteiger partial charge in [-0.2, -0.15) is 0 Å². The van der Waals surface area contributed by atoms with Gasteiger partial charge in [-0.3, -0.25) is 4.79 Å². The molecule has 0 spiro atoms. The van der Waals surface area contributed by atoms with Crippen molar-refractivity contribution in [1.29, 1.82) is 0 Å². The Morgan fingerprint density at radius 1 is 1.28 bits per heavy atom. The average Bonchev–Trinajstić information content (AvgIpc) is 3.21. The zero-order valence-corrected chi connectivity index (χ0v) is 10.3. The van der Waals surface area contributed by atoms with Crippen molar-refractivity contribution in [3.8, 4) is 0 Å². The van der Waals surface area contributed by atoms with E-state index < -0.39 is 11.4 Å². The molecule has 1 aromatic carbocycles. The summed E-state index contributed by atoms with van der Waals surface area (Å²) in [5.74, 6) is -0.587. The van der Waals surface area contributed by atoms with Crippen molar-refractivity contribution in [3.63, 3.8) is 0 Å². The van der Waals surface area contributed by atoms with Crippen LogP contribution >= 0.6 is 0 Å². The van der Waals surface area contributed by atoms with Gasteiger partial charge in [-0.05, 0) is 36.3 Å². The normalized spacial score (nSPS) is 18.3. The summed E-state index contributed by atoms with van der Waals surface area (Å²) < 4.78 is 0. The Morgan fingerprint density at radius 2 is 1.83 bits per heavy atom. The molecule has 0 aromatic heterocycles. The van der Waals surface area contributed by atoms with Crippen LogP contribution in [-0.4, -0.2) is 22.7 Å². The number of rotatable bonds is 6. The van der Waals surface area contributed by atoms with Crippen LogP contribution in [0.1, 0.15) is 24.0 Å². The summed E-state index contributed by atoms with van der Waals surface area (Å²) in [5.41, 5.74) is 6.71. The van der Waals surface area contributed by atoms with E-state index in [9.17, 15) is 9.90 Å². The number of carbonyl (C=O) groups is 1. The van der Waals surface area contributed by atoms with Crippen molar-refractivity contribution in [2.45, 2.75) is 25.9 Å². The third kappa shape index (κ3) is 2.40. The second kappa shape index (κ2) is 5.08. The SMILES string of the molecule is NCC(Cc1ccc(CO)cc1)(C(=O)O)C1CC1. The van der Waals surface area contributed by atoms with Crippen LogP contribution in [0.15, 0.2) is 24.3 Å². The van der Waals surface area contributed by atoms with E-state index in [1.54, 1.807) is 0 Å². The molecule has 1 aromatic rings. The summed E-state index contributed by atoms with van der Waals surface area (Å²) in [6, 6.07) is 7.40. The lowest BCUT2D eigenvalue weighted by Crippen LogP contribution is -2.42. The summed E-state index contributed by atoms with van der Waals surface area (Å²) in [6.07, 6.45) is 2.38. The molecule has 1 aliphatic carbocycles. The molecular weight excluding hydrogens is 230 g/mol. The number of hydrogen-bond acceptors (Lipinski definition) is 3. The van der Waals surface area contributed by atoms with Gasteiger partial charge in [0.15, 0.2) is 0 Å². The first-order valence-electron chi connectivity index (χ1n) is 6.24. The third-order valence-corrected chi connectivity index (χ3v) is 3.87. The Kier molecular flexibility index (Phi) is 3.68. The molecule has 18 heavy (non-hydrogen) atoms. The molecule has 0 bridgehead atoms. The van der Waals surface area contributed by atoms with E-state index in [1.165, 1.54) is 0 Å². The molecule has 1 aliphatic rings. The van der Waals surface area contributed by atoms with Gasteiger partial charge in [0.25, 0.3) is 0 Å². The highest BCUT2D eigenvalue weighted by Crippen LogP contribution is 2.47. The van der Waals surface area contributed by atoms with E-state index in [0.717, 1.165) is 24.0 Å². The van der Waals surface area contributed by atoms with Gasteiger partial charge < -0.3 is 15.9 Å². The maximum atomic E-state index is 11.5. The second-order valence-corrected chi connectivity index (χ2v) is 5.09. The number of aliphatic carboxylic acids is 1. The van der Waals surface area contributed by atoms with Crippen LogP contribution in [0, 0.1) is 11.3 Å². The highest BCUT2D eigenvalue weighted by Gasteiger charge is 2.50. The molecule has 1 atom stereocenters. The zero-order chi connectivity index (χ0) is 13.2. The fourth-order valence-electron chi connectivity index (χ4n) is 2.48. The van der Waals surface area contributed by atoms with Gasteiger partial charge >= 0.3 is 5.97 Å². The summed E-state index contributed by atoms with van der Waals surface area (Å²) in [6.45, 7) is 0.179. The first-order valence-corrected chi connectivity index (χ1v) is 6.24. The van der Waals surface area contributed by atoms with E-state index in [0.29, 0.717) is 6.42 Å². The first kappa shape index (κ1) is 13.1. The fraction of sp³-hybridized carbons (Fsp3) is 0.500. The van der Waals surface area contributed by atoms with Gasteiger partial charge in [-0.15, -0.1) is 0 Å². The lowest BCUT2D eigenvalue weighted by Gasteiger charge is -2.28. The van der Waals surface area contributed by atoms with E-state index in [-0.39, 0.29) is 19.1 Å². The lowest BCUT2D eigenvalue weighted by molar-refractivity contribution is -0.149. The van der Waals surface area contributed by atoms with Gasteiger partial charge in [0, 0.05) is 6.54 Å². The maximum absolute atomic E-state index is 11.5. The molecule has 0 radical (unpaired) electrons. The Labute approximate surface area is 106 Å². The maximum Gasteiger partial charge on any atom is 0.311 e. The predicted octanol–water partition coefficient (Wildman–Crippen LogP) is 1.16. The number of nitrogens with two attached hydrogens (primary N) is 1. The van der Waals surface area contributed by atoms with E-state index in [1.807, 2.05) is 24.3 Å². The standard InChI is InChI=1S/C14H19NO3/c15-9-14(13(17)18,12-5-6-12)7-10-1-3-11(8-16)4-2-10/h1-4,12,16H,5-9,15H2,(H,17,18). The fourth-order valence-corrected chi connectivity index (χ4v) is 2.48. The van der Waals surface area contributed by atoms with Crippen molar-refractivity contribution >= 4 is 5.97 Å². The molecule has 0 aliphatic heterocycles. The number of hydrogen-bond donors (Lipinski definition) is 3. The van der Waals surface area contributed by atoms with Crippen molar-refractivity contribution in [2.24, 2.45) is 17.1 Å². The largest absolute Gasteiger partial charge is 0.481 e. The average molecular weight is 249 g/mol. The number of carboxylic acid groups (broad SMARTS) is 1. The van der Waals surface area contributed by atoms with Gasteiger partial charge in [0.1, 0.15) is 0 Å². The molecule has 98 valence electrons. The van der Waals surface area contributed by atoms with E-state index in [4.69, 9.17) is 10.8 Å². The molecule has 1 unspecified atom stereocenters. The van der Waals surface area contributed by atoms with Crippen molar-refractivity contribution in [2.75, 3.05) is 6.54 Å². The molecule has 4 N–H and O–H groups in total. The molecule has 1 fully saturated rings. The third-order valence-electron chi connectivity index (χ3n) is 3.87. The summed E-state index contributed by atoms with van der Waals surface area (Å²) >= 11 is 0. The Bertz CT molecular complexity index is 425. The van der Waals surface area contributed by atoms with Crippen LogP contribution < -0.4 is 5.73 Å². The van der Waals surface area contributed by atoms with Gasteiger partial charge in [0.2, 0.25) is 0 Å². The molecule has 0 saturated heterocycles. The van der Waals surface area contributed by atoms with Gasteiger partial charge in [-0.1, -0.05) is 24.3 Å². The van der Waals surface area contributed by atoms with Crippen LogP contribution in [0.5, 0.6) is 0 Å². The van der Waals surface area contributed by atoms with Crippen LogP contribution in [0.2, 0.25) is 0 Å². The highest BCUT2D eigenvalue weighted by atomic mass is 16.4. The molecular formula is C14H19NO3. The molecule has 0 amide bonds. The summed E-state index contributed by atoms with van der Waals surface area (Å²) in [4.78, 5) is 11.5. The van der Waals surface area contributed by atoms with Crippen molar-refractivity contribution in [3.05, 3.63) is 35.4 Å². The number of aliphatic hydroxyl groups is 1. The quantitative estimate of drug-likeness (QED) is 0.706. The van der Waals surface area contributed by atoms with Crippen molar-refractivity contribution < 1.29 is 15.0 Å². The lowest BCUT2D eigenvalue weighted by atomic mass is 9.77. The zero-order valence-electron chi connectivity index (χ0n) is 10.3. The monoisotopic (exact) mass is 249 g/mol. The first-order chi connectivity index (χ1) is 8.62. The van der Waals surface area contributed by atoms with Crippen LogP contribution in [0.3, 0.4) is 0 Å². The van der Waals surface area contributed by atoms with Crippen molar-refractivity contribution in [1.82, 2.24) is 0 Å². The number of aliphatic hydroxyl groups excluding tert-OH is 1. The molecule has 4 heteroatoms. The van der Waals surface area contributed by atoms with E-state index in [2.05, 4.69) is 0 Å². The van der Waals surface area contributed by atoms with Gasteiger partial charge in [-0.25, -0.2) is 0 Å². The highest BCUT2D eigenvalue weighted by molar-refractivity contribution is 5.76. The molecule has 1 saturated carbocycles. The van der Waals surface area contributed by atoms with Crippen LogP contribution in [-0.2, 0) is 17.8 Å². The predicted molar refractivity (Wildman–Crippen MR) is 67.9 cm³/mol. The summed E-state index contributed by atoms with van der Waals surface area (Å²) in [7, 11) is 0. The second-order valence-electron chi connectivity index (χ2n) is 5.09.